The van der Waals surface area contributed by atoms with Crippen molar-refractivity contribution in [2.24, 2.45) is 10.7 Å². The zero-order valence-corrected chi connectivity index (χ0v) is 15.0. The molecule has 1 aliphatic heterocycles. The third-order valence-corrected chi connectivity index (χ3v) is 5.08. The number of hydrogen-bond acceptors (Lipinski definition) is 5. The normalized spacial score (nSPS) is 19.5. The van der Waals surface area contributed by atoms with Crippen molar-refractivity contribution in [3.63, 3.8) is 0 Å². The zero-order chi connectivity index (χ0) is 18.7. The van der Waals surface area contributed by atoms with Crippen molar-refractivity contribution in [1.82, 2.24) is 0 Å². The number of benzene rings is 2. The number of amidine groups is 1. The fraction of sp³-hybridized carbons (Fsp3) is 0.222. The fourth-order valence-electron chi connectivity index (χ4n) is 2.77. The Kier molecular flexibility index (Phi) is 4.94. The summed E-state index contributed by atoms with van der Waals surface area (Å²) in [5, 5.41) is 12.3. The molecule has 1 heterocycles. The molecule has 1 atom stereocenters. The standard InChI is InChI=1S/C18H18N4O3S/c1-18(9-10-26-17(19)21-18)13-3-2-4-14(11-13)20-16(23)12-5-7-15(8-6-12)22(24)25/h2-8,11H,9-10H2,1H3,(H3-,19,20,21,23,24,25)/p+1. The predicted octanol–water partition coefficient (Wildman–Crippen LogP) is 3.41. The minimum atomic E-state index is -0.406. The zero-order valence-electron chi connectivity index (χ0n) is 14.2. The summed E-state index contributed by atoms with van der Waals surface area (Å²) in [4.78, 5) is 27.5. The van der Waals surface area contributed by atoms with Gasteiger partial charge in [0.15, 0.2) is 5.17 Å². The van der Waals surface area contributed by atoms with Crippen LogP contribution in [-0.4, -0.2) is 27.0 Å². The Bertz CT molecular complexity index is 882. The van der Waals surface area contributed by atoms with Crippen LogP contribution in [0.5, 0.6) is 0 Å². The Morgan fingerprint density at radius 3 is 2.69 bits per heavy atom. The average Bonchev–Trinajstić information content (AvgIpc) is 2.62. The van der Waals surface area contributed by atoms with Crippen LogP contribution in [0.3, 0.4) is 0 Å². The molecule has 0 spiro atoms. The lowest BCUT2D eigenvalue weighted by atomic mass is 9.89. The van der Waals surface area contributed by atoms with Gasteiger partial charge in [0.1, 0.15) is 0 Å². The highest BCUT2D eigenvalue weighted by Gasteiger charge is 2.29. The molecule has 7 nitrogen and oxygen atoms in total. The molecule has 1 amide bonds. The maximum atomic E-state index is 12.4. The third kappa shape index (κ3) is 3.85. The van der Waals surface area contributed by atoms with E-state index in [0.717, 1.165) is 17.7 Å². The van der Waals surface area contributed by atoms with Gasteiger partial charge in [0.25, 0.3) is 10.8 Å². The van der Waals surface area contributed by atoms with E-state index in [4.69, 9.17) is 10.9 Å². The van der Waals surface area contributed by atoms with Crippen molar-refractivity contribution in [3.8, 4) is 0 Å². The number of thioether (sulfide) groups is 1. The lowest BCUT2D eigenvalue weighted by Crippen LogP contribution is -2.28. The highest BCUT2D eigenvalue weighted by molar-refractivity contribution is 8.13. The summed E-state index contributed by atoms with van der Waals surface area (Å²) < 4.78 is 0. The van der Waals surface area contributed by atoms with E-state index in [1.54, 1.807) is 17.8 Å². The second-order valence-corrected chi connectivity index (χ2v) is 7.29. The molecule has 0 radical (unpaired) electrons. The van der Waals surface area contributed by atoms with E-state index < -0.39 is 5.54 Å². The van der Waals surface area contributed by atoms with Crippen molar-refractivity contribution in [2.75, 3.05) is 11.1 Å². The van der Waals surface area contributed by atoms with Crippen molar-refractivity contribution in [3.05, 3.63) is 64.6 Å². The van der Waals surface area contributed by atoms with Crippen LogP contribution in [0, 0.1) is 4.91 Å². The number of nitrogens with two attached hydrogens (primary N) is 1. The molecule has 0 saturated carbocycles. The van der Waals surface area contributed by atoms with Gasteiger partial charge in [-0.25, -0.2) is 5.21 Å². The molecule has 134 valence electrons. The molecule has 1 unspecified atom stereocenters. The molecular formula is C18H19N4O3S+. The summed E-state index contributed by atoms with van der Waals surface area (Å²) in [7, 11) is 0. The third-order valence-electron chi connectivity index (χ3n) is 4.29. The molecule has 1 aliphatic rings. The summed E-state index contributed by atoms with van der Waals surface area (Å²) in [5.74, 6) is 0.590. The quantitative estimate of drug-likeness (QED) is 0.714. The first kappa shape index (κ1) is 17.9. The number of hydrogen-bond donors (Lipinski definition) is 3. The molecule has 0 saturated heterocycles. The van der Waals surface area contributed by atoms with Gasteiger partial charge in [-0.1, -0.05) is 23.9 Å². The van der Waals surface area contributed by atoms with E-state index in [1.807, 2.05) is 25.1 Å². The van der Waals surface area contributed by atoms with E-state index in [2.05, 4.69) is 10.3 Å². The van der Waals surface area contributed by atoms with Crippen LogP contribution in [0.25, 0.3) is 0 Å². The number of nitrogens with one attached hydrogen (secondary N) is 1. The van der Waals surface area contributed by atoms with Crippen LogP contribution < -0.4 is 11.1 Å². The van der Waals surface area contributed by atoms with Crippen LogP contribution in [-0.2, 0) is 5.54 Å². The Balaban J connectivity index is 1.79. The smallest absolute Gasteiger partial charge is 0.316 e. The lowest BCUT2D eigenvalue weighted by molar-refractivity contribution is -0.729. The number of amides is 1. The molecule has 2 aromatic carbocycles. The second-order valence-electron chi connectivity index (χ2n) is 6.18. The van der Waals surface area contributed by atoms with E-state index in [0.29, 0.717) is 16.4 Å². The monoisotopic (exact) mass is 371 g/mol. The molecule has 0 bridgehead atoms. The molecule has 0 aromatic heterocycles. The highest BCUT2D eigenvalue weighted by atomic mass is 32.2. The van der Waals surface area contributed by atoms with Gasteiger partial charge in [-0.3, -0.25) is 9.79 Å². The highest BCUT2D eigenvalue weighted by Crippen LogP contribution is 2.35. The minimum Gasteiger partial charge on any atom is -0.379 e. The number of aliphatic imine (C=N–C) groups is 1. The van der Waals surface area contributed by atoms with Crippen LogP contribution in [0.4, 0.5) is 11.4 Å². The molecular weight excluding hydrogens is 352 g/mol. The van der Waals surface area contributed by atoms with Gasteiger partial charge in [-0.2, -0.15) is 0 Å². The van der Waals surface area contributed by atoms with Gasteiger partial charge in [-0.05, 0) is 43.2 Å². The lowest BCUT2D eigenvalue weighted by Gasteiger charge is -2.30. The van der Waals surface area contributed by atoms with E-state index in [-0.39, 0.29) is 16.5 Å². The van der Waals surface area contributed by atoms with Crippen LogP contribution in [0.2, 0.25) is 0 Å². The Hall–Kier alpha value is -2.87. The summed E-state index contributed by atoms with van der Waals surface area (Å²) in [5.41, 5.74) is 7.54. The topological polar surface area (TPSA) is 108 Å². The molecule has 0 fully saturated rings. The van der Waals surface area contributed by atoms with Crippen LogP contribution in [0.15, 0.2) is 53.5 Å². The van der Waals surface area contributed by atoms with Gasteiger partial charge in [0, 0.05) is 29.1 Å². The van der Waals surface area contributed by atoms with Gasteiger partial charge in [-0.15, -0.1) is 0 Å². The first-order valence-electron chi connectivity index (χ1n) is 8.04. The second kappa shape index (κ2) is 7.17. The number of carbonyl (C=O) groups is 1. The minimum absolute atomic E-state index is 0.0575. The van der Waals surface area contributed by atoms with Gasteiger partial charge in [0.2, 0.25) is 0 Å². The first-order chi connectivity index (χ1) is 12.4. The van der Waals surface area contributed by atoms with Crippen molar-refractivity contribution >= 4 is 34.2 Å². The number of carbonyl (C=O) groups excluding carboxylic acids is 1. The Morgan fingerprint density at radius 2 is 2.04 bits per heavy atom. The summed E-state index contributed by atoms with van der Waals surface area (Å²) >= 11 is 1.54. The Morgan fingerprint density at radius 1 is 1.31 bits per heavy atom. The van der Waals surface area contributed by atoms with Crippen LogP contribution >= 0.6 is 11.8 Å². The molecule has 0 aliphatic carbocycles. The molecule has 26 heavy (non-hydrogen) atoms. The predicted molar refractivity (Wildman–Crippen MR) is 102 cm³/mol. The SMILES string of the molecule is CC1(c2cccc(NC(=O)c3ccc([N+](=O)O)cc3)c2)CCSC(N)=N1. The van der Waals surface area contributed by atoms with Gasteiger partial charge < -0.3 is 11.1 Å². The first-order valence-corrected chi connectivity index (χ1v) is 9.02. The summed E-state index contributed by atoms with van der Waals surface area (Å²) in [6.07, 6.45) is 0.865. The molecule has 3 rings (SSSR count). The van der Waals surface area contributed by atoms with E-state index in [1.165, 1.54) is 24.3 Å². The number of anilines is 1. The maximum Gasteiger partial charge on any atom is 0.316 e. The maximum absolute atomic E-state index is 12.4. The van der Waals surface area contributed by atoms with Crippen molar-refractivity contribution < 1.29 is 14.9 Å². The Labute approximate surface area is 154 Å². The van der Waals surface area contributed by atoms with Gasteiger partial charge in [0.05, 0.1) is 10.4 Å². The van der Waals surface area contributed by atoms with Crippen molar-refractivity contribution in [2.45, 2.75) is 18.9 Å². The van der Waals surface area contributed by atoms with Crippen LogP contribution in [0.1, 0.15) is 29.3 Å². The fourth-order valence-corrected chi connectivity index (χ4v) is 3.74. The number of rotatable bonds is 4. The van der Waals surface area contributed by atoms with Gasteiger partial charge >= 0.3 is 5.69 Å². The molecule has 2 aromatic rings. The summed E-state index contributed by atoms with van der Waals surface area (Å²) in [6, 6.07) is 13.2. The average molecular weight is 371 g/mol. The summed E-state index contributed by atoms with van der Waals surface area (Å²) in [6.45, 7) is 2.03. The molecule has 4 N–H and O–H groups in total. The largest absolute Gasteiger partial charge is 0.379 e. The number of nitrogens with zero attached hydrogens (tertiary/aromatic N) is 2. The van der Waals surface area contributed by atoms with E-state index in [9.17, 15) is 9.70 Å². The van der Waals surface area contributed by atoms with E-state index >= 15 is 0 Å². The van der Waals surface area contributed by atoms with Crippen molar-refractivity contribution in [1.29, 1.82) is 0 Å². The molecule has 8 heteroatoms.